The zero-order chi connectivity index (χ0) is 19.1. The van der Waals surface area contributed by atoms with Gasteiger partial charge in [0.25, 0.3) is 0 Å². The van der Waals surface area contributed by atoms with Gasteiger partial charge in [0, 0.05) is 12.2 Å². The lowest BCUT2D eigenvalue weighted by Crippen LogP contribution is -2.39. The summed E-state index contributed by atoms with van der Waals surface area (Å²) in [5.41, 5.74) is 2.95. The lowest BCUT2D eigenvalue weighted by atomic mass is 10.1. The van der Waals surface area contributed by atoms with Crippen LogP contribution in [-0.2, 0) is 17.8 Å². The summed E-state index contributed by atoms with van der Waals surface area (Å²) in [6.45, 7) is 1.72. The molecule has 6 heteroatoms. The Bertz CT molecular complexity index is 703. The van der Waals surface area contributed by atoms with E-state index in [1.165, 1.54) is 29.8 Å². The zero-order valence-electron chi connectivity index (χ0n) is 15.2. The normalized spacial score (nSPS) is 12.3. The van der Waals surface area contributed by atoms with Crippen LogP contribution in [-0.4, -0.2) is 30.5 Å². The molecule has 0 radical (unpaired) electrons. The van der Waals surface area contributed by atoms with Crippen molar-refractivity contribution in [3.05, 3.63) is 59.7 Å². The second-order valence-electron chi connectivity index (χ2n) is 6.15. The molecule has 1 atom stereocenters. The first-order chi connectivity index (χ1) is 12.4. The fraction of sp³-hybridized carbons (Fsp3) is 0.350. The Balaban J connectivity index is 1.90. The Labute approximate surface area is 152 Å². The second kappa shape index (κ2) is 9.29. The lowest BCUT2D eigenvalue weighted by molar-refractivity contribution is -0.120. The molecule has 2 aromatic rings. The van der Waals surface area contributed by atoms with Crippen LogP contribution >= 0.6 is 0 Å². The van der Waals surface area contributed by atoms with Crippen molar-refractivity contribution < 1.29 is 18.3 Å². The van der Waals surface area contributed by atoms with E-state index in [0.29, 0.717) is 12.2 Å². The number of nitrogens with zero attached hydrogens (tertiary/aromatic N) is 1. The highest BCUT2D eigenvalue weighted by molar-refractivity contribution is 5.94. The third kappa shape index (κ3) is 5.81. The second-order valence-corrected chi connectivity index (χ2v) is 6.15. The fourth-order valence-corrected chi connectivity index (χ4v) is 2.47. The summed E-state index contributed by atoms with van der Waals surface area (Å²) in [6, 6.07) is 13.8. The summed E-state index contributed by atoms with van der Waals surface area (Å²) in [5.74, 6) is -0.112. The summed E-state index contributed by atoms with van der Waals surface area (Å²) >= 11 is 0. The quantitative estimate of drug-likeness (QED) is 0.761. The molecule has 1 unspecified atom stereocenters. The van der Waals surface area contributed by atoms with E-state index in [1.54, 1.807) is 0 Å². The number of amides is 1. The number of nitrogens with one attached hydrogen (secondary N) is 1. The lowest BCUT2D eigenvalue weighted by Gasteiger charge is -2.24. The number of carbonyl (C=O) groups is 1. The first-order valence-electron chi connectivity index (χ1n) is 8.52. The predicted molar refractivity (Wildman–Crippen MR) is 98.5 cm³/mol. The first-order valence-corrected chi connectivity index (χ1v) is 8.52. The molecule has 0 bridgehead atoms. The van der Waals surface area contributed by atoms with E-state index in [9.17, 15) is 13.6 Å². The molecule has 4 nitrogen and oxygen atoms in total. The van der Waals surface area contributed by atoms with Crippen molar-refractivity contribution in [1.29, 1.82) is 0 Å². The van der Waals surface area contributed by atoms with Crippen molar-refractivity contribution in [2.75, 3.05) is 12.4 Å². The van der Waals surface area contributed by atoms with Crippen molar-refractivity contribution in [2.45, 2.75) is 39.5 Å². The van der Waals surface area contributed by atoms with E-state index < -0.39 is 6.61 Å². The maximum Gasteiger partial charge on any atom is 0.387 e. The van der Waals surface area contributed by atoms with Gasteiger partial charge in [-0.15, -0.1) is 0 Å². The monoisotopic (exact) mass is 362 g/mol. The van der Waals surface area contributed by atoms with Crippen molar-refractivity contribution in [3.63, 3.8) is 0 Å². The fourth-order valence-electron chi connectivity index (χ4n) is 2.47. The average Bonchev–Trinajstić information content (AvgIpc) is 2.62. The van der Waals surface area contributed by atoms with E-state index in [2.05, 4.69) is 41.2 Å². The number of carbonyl (C=O) groups excluding carboxylic acids is 1. The van der Waals surface area contributed by atoms with Crippen molar-refractivity contribution in [2.24, 2.45) is 0 Å². The van der Waals surface area contributed by atoms with Gasteiger partial charge in [-0.2, -0.15) is 8.78 Å². The maximum absolute atomic E-state index is 12.4. The molecule has 26 heavy (non-hydrogen) atoms. The van der Waals surface area contributed by atoms with Crippen LogP contribution in [0.4, 0.5) is 14.5 Å². The Morgan fingerprint density at radius 3 is 2.19 bits per heavy atom. The number of hydrogen-bond acceptors (Lipinski definition) is 3. The molecule has 0 spiro atoms. The van der Waals surface area contributed by atoms with Gasteiger partial charge in [0.05, 0.1) is 6.04 Å². The molecule has 0 fully saturated rings. The Morgan fingerprint density at radius 1 is 1.08 bits per heavy atom. The van der Waals surface area contributed by atoms with Crippen LogP contribution in [0, 0.1) is 0 Å². The minimum Gasteiger partial charge on any atom is -0.435 e. The summed E-state index contributed by atoms with van der Waals surface area (Å²) in [6.07, 6.45) is 0.996. The molecule has 1 amide bonds. The van der Waals surface area contributed by atoms with E-state index in [-0.39, 0.29) is 17.7 Å². The maximum atomic E-state index is 12.4. The molecule has 2 rings (SSSR count). The molecule has 140 valence electrons. The molecule has 0 heterocycles. The minimum atomic E-state index is -2.87. The van der Waals surface area contributed by atoms with E-state index in [4.69, 9.17) is 0 Å². The number of rotatable bonds is 8. The summed E-state index contributed by atoms with van der Waals surface area (Å²) in [4.78, 5) is 14.4. The first kappa shape index (κ1) is 19.8. The van der Waals surface area contributed by atoms with Crippen LogP contribution in [0.3, 0.4) is 0 Å². The molecule has 1 N–H and O–H groups in total. The predicted octanol–water partition coefficient (Wildman–Crippen LogP) is 4.31. The smallest absolute Gasteiger partial charge is 0.387 e. The van der Waals surface area contributed by atoms with Crippen molar-refractivity contribution in [1.82, 2.24) is 4.90 Å². The van der Waals surface area contributed by atoms with E-state index in [0.717, 1.165) is 12.0 Å². The molecule has 0 aliphatic rings. The summed E-state index contributed by atoms with van der Waals surface area (Å²) < 4.78 is 28.6. The molecular formula is C20H24F2N2O2. The average molecular weight is 362 g/mol. The topological polar surface area (TPSA) is 41.6 Å². The van der Waals surface area contributed by atoms with Gasteiger partial charge in [-0.3, -0.25) is 9.69 Å². The van der Waals surface area contributed by atoms with Crippen LogP contribution < -0.4 is 10.1 Å². The summed E-state index contributed by atoms with van der Waals surface area (Å²) in [7, 11) is 1.89. The van der Waals surface area contributed by atoms with Gasteiger partial charge in [-0.1, -0.05) is 31.2 Å². The minimum absolute atomic E-state index is 0.0543. The number of hydrogen-bond donors (Lipinski definition) is 1. The third-order valence-corrected chi connectivity index (χ3v) is 4.25. The van der Waals surface area contributed by atoms with Gasteiger partial charge >= 0.3 is 6.61 Å². The van der Waals surface area contributed by atoms with Crippen LogP contribution in [0.1, 0.15) is 25.0 Å². The molecule has 0 aromatic heterocycles. The highest BCUT2D eigenvalue weighted by Crippen LogP contribution is 2.18. The number of likely N-dealkylation sites (N-methyl/N-ethyl adjacent to an activating group) is 1. The molecular weight excluding hydrogens is 338 g/mol. The van der Waals surface area contributed by atoms with E-state index in [1.807, 2.05) is 18.9 Å². The molecule has 0 saturated carbocycles. The highest BCUT2D eigenvalue weighted by atomic mass is 19.3. The Morgan fingerprint density at radius 2 is 1.65 bits per heavy atom. The molecule has 0 aliphatic carbocycles. The molecule has 0 saturated heterocycles. The van der Waals surface area contributed by atoms with Crippen LogP contribution in [0.15, 0.2) is 48.5 Å². The highest BCUT2D eigenvalue weighted by Gasteiger charge is 2.18. The van der Waals surface area contributed by atoms with Crippen LogP contribution in [0.25, 0.3) is 0 Å². The van der Waals surface area contributed by atoms with Gasteiger partial charge in [-0.25, -0.2) is 0 Å². The number of aryl methyl sites for hydroxylation is 1. The standard InChI is InChI=1S/C20H24F2N2O2/c1-4-15-5-7-16(8-6-15)13-24(3)14(2)19(25)23-17-9-11-18(12-10-17)26-20(21)22/h5-12,14,20H,4,13H2,1-3H3,(H,23,25). The van der Waals surface area contributed by atoms with Gasteiger partial charge in [0.2, 0.25) is 5.91 Å². The van der Waals surface area contributed by atoms with Crippen molar-refractivity contribution >= 4 is 11.6 Å². The van der Waals surface area contributed by atoms with Crippen LogP contribution in [0.2, 0.25) is 0 Å². The van der Waals surface area contributed by atoms with Gasteiger partial charge in [0.1, 0.15) is 5.75 Å². The number of alkyl halides is 2. The van der Waals surface area contributed by atoms with Gasteiger partial charge in [-0.05, 0) is 55.8 Å². The van der Waals surface area contributed by atoms with E-state index >= 15 is 0 Å². The number of ether oxygens (including phenoxy) is 1. The van der Waals surface area contributed by atoms with Crippen LogP contribution in [0.5, 0.6) is 5.75 Å². The molecule has 0 aliphatic heterocycles. The number of halogens is 2. The van der Waals surface area contributed by atoms with Gasteiger partial charge in [0.15, 0.2) is 0 Å². The number of anilines is 1. The summed E-state index contributed by atoms with van der Waals surface area (Å²) in [5, 5.41) is 2.78. The zero-order valence-corrected chi connectivity index (χ0v) is 15.2. The molecule has 2 aromatic carbocycles. The third-order valence-electron chi connectivity index (χ3n) is 4.25. The SMILES string of the molecule is CCc1ccc(CN(C)C(C)C(=O)Nc2ccc(OC(F)F)cc2)cc1. The Hall–Kier alpha value is -2.47. The number of benzene rings is 2. The Kier molecular flexibility index (Phi) is 7.09. The van der Waals surface area contributed by atoms with Crippen molar-refractivity contribution in [3.8, 4) is 5.75 Å². The van der Waals surface area contributed by atoms with Gasteiger partial charge < -0.3 is 10.1 Å². The largest absolute Gasteiger partial charge is 0.435 e.